The molecule has 3 rings (SSSR count). The molecule has 0 aliphatic rings. The molecule has 0 radical (unpaired) electrons. The van der Waals surface area contributed by atoms with Crippen LogP contribution in [0.1, 0.15) is 79.7 Å². The molecule has 6 heteroatoms. The molecule has 0 unspecified atom stereocenters. The van der Waals surface area contributed by atoms with Crippen LogP contribution < -0.4 is 11.1 Å². The van der Waals surface area contributed by atoms with Crippen molar-refractivity contribution in [2.45, 2.75) is 81.1 Å². The second-order valence-electron chi connectivity index (χ2n) is 6.54. The lowest BCUT2D eigenvalue weighted by molar-refractivity contribution is 0.485. The van der Waals surface area contributed by atoms with Gasteiger partial charge < -0.3 is 15.1 Å². The van der Waals surface area contributed by atoms with Crippen LogP contribution in [0, 0.1) is 19.3 Å². The van der Waals surface area contributed by atoms with Crippen molar-refractivity contribution in [3.8, 4) is 18.1 Å². The first-order valence-corrected chi connectivity index (χ1v) is 11.4. The van der Waals surface area contributed by atoms with Gasteiger partial charge in [-0.05, 0) is 31.5 Å². The Labute approximate surface area is 198 Å². The fraction of sp³-hybridized carbons (Fsp3) is 0.481. The van der Waals surface area contributed by atoms with Gasteiger partial charge in [0.15, 0.2) is 5.75 Å². The van der Waals surface area contributed by atoms with Gasteiger partial charge in [-0.2, -0.15) is 0 Å². The number of rotatable bonds is 2. The first-order valence-electron chi connectivity index (χ1n) is 11.4. The van der Waals surface area contributed by atoms with Crippen LogP contribution >= 0.6 is 0 Å². The number of H-pyrrole nitrogens is 2. The summed E-state index contributed by atoms with van der Waals surface area (Å²) >= 11 is 0. The maximum absolute atomic E-state index is 11.4. The fourth-order valence-electron chi connectivity index (χ4n) is 2.15. The summed E-state index contributed by atoms with van der Waals surface area (Å²) < 4.78 is 9.50. The Bertz CT molecular complexity index is 1040. The van der Waals surface area contributed by atoms with E-state index < -0.39 is 0 Å². The third-order valence-electron chi connectivity index (χ3n) is 4.01. The SMILES string of the molecule is C#CC.CC.CCCC.CCCC.CF.Cc1cc(=O)[nH]c2c(O)c3[nH]c(=O)ccc3cc12. The van der Waals surface area contributed by atoms with Crippen molar-refractivity contribution in [3.05, 3.63) is 50.5 Å². The van der Waals surface area contributed by atoms with Crippen LogP contribution in [0.4, 0.5) is 4.39 Å². The Morgan fingerprint density at radius 1 is 0.879 bits per heavy atom. The predicted molar refractivity (Wildman–Crippen MR) is 143 cm³/mol. The number of alkyl halides is 1. The van der Waals surface area contributed by atoms with Crippen LogP contribution in [0.3, 0.4) is 0 Å². The average Bonchev–Trinajstić information content (AvgIpc) is 2.84. The molecule has 0 aliphatic heterocycles. The highest BCUT2D eigenvalue weighted by atomic mass is 19.1. The molecule has 5 nitrogen and oxygen atoms in total. The Balaban J connectivity index is -0.000000501. The third kappa shape index (κ3) is 13.2. The Kier molecular flexibility index (Phi) is 23.2. The van der Waals surface area contributed by atoms with Crippen molar-refractivity contribution in [1.29, 1.82) is 0 Å². The van der Waals surface area contributed by atoms with E-state index in [0.29, 0.717) is 18.2 Å². The number of phenolic OH excluding ortho intramolecular Hbond substituents is 1. The molecule has 0 aliphatic carbocycles. The molecule has 2 aromatic heterocycles. The predicted octanol–water partition coefficient (Wildman–Crippen LogP) is 7.25. The second kappa shape index (κ2) is 22.1. The van der Waals surface area contributed by atoms with Gasteiger partial charge in [0.1, 0.15) is 0 Å². The van der Waals surface area contributed by atoms with Gasteiger partial charge in [0.05, 0.1) is 18.2 Å². The minimum atomic E-state index is -0.299. The maximum Gasteiger partial charge on any atom is 0.248 e. The number of halogens is 1. The molecule has 0 fully saturated rings. The van der Waals surface area contributed by atoms with E-state index in [1.165, 1.54) is 37.8 Å². The molecule has 0 saturated heterocycles. The molecule has 1 aromatic carbocycles. The highest BCUT2D eigenvalue weighted by Gasteiger charge is 2.10. The van der Waals surface area contributed by atoms with E-state index in [9.17, 15) is 19.1 Å². The fourth-order valence-corrected chi connectivity index (χ4v) is 2.15. The smallest absolute Gasteiger partial charge is 0.248 e. The van der Waals surface area contributed by atoms with E-state index in [0.717, 1.165) is 16.3 Å². The molecular weight excluding hydrogens is 419 g/mol. The van der Waals surface area contributed by atoms with Crippen molar-refractivity contribution < 1.29 is 9.50 Å². The van der Waals surface area contributed by atoms with E-state index in [1.54, 1.807) is 19.9 Å². The normalized spacial score (nSPS) is 8.52. The summed E-state index contributed by atoms with van der Waals surface area (Å²) in [6.45, 7) is 16.2. The van der Waals surface area contributed by atoms with Gasteiger partial charge in [0, 0.05) is 22.9 Å². The van der Waals surface area contributed by atoms with E-state index in [4.69, 9.17) is 0 Å². The number of aromatic hydroxyl groups is 1. The topological polar surface area (TPSA) is 85.9 Å². The van der Waals surface area contributed by atoms with Gasteiger partial charge in [-0.3, -0.25) is 14.0 Å². The number of unbranched alkanes of at least 4 members (excludes halogenated alkanes) is 2. The van der Waals surface area contributed by atoms with Crippen LogP contribution in [0.2, 0.25) is 0 Å². The number of benzene rings is 1. The first kappa shape index (κ1) is 34.5. The number of aryl methyl sites for hydroxylation is 1. The van der Waals surface area contributed by atoms with Crippen molar-refractivity contribution in [1.82, 2.24) is 9.97 Å². The molecule has 0 amide bonds. The number of fused-ring (bicyclic) bond motifs is 2. The quantitative estimate of drug-likeness (QED) is 0.277. The molecule has 33 heavy (non-hydrogen) atoms. The molecular formula is C27H43FN2O3. The van der Waals surface area contributed by atoms with Crippen LogP contribution in [0.15, 0.2) is 33.9 Å². The van der Waals surface area contributed by atoms with E-state index in [-0.39, 0.29) is 16.9 Å². The van der Waals surface area contributed by atoms with Crippen LogP contribution in [-0.4, -0.2) is 22.3 Å². The molecule has 0 spiro atoms. The summed E-state index contributed by atoms with van der Waals surface area (Å²) in [4.78, 5) is 27.8. The van der Waals surface area contributed by atoms with Gasteiger partial charge in [0.25, 0.3) is 0 Å². The zero-order valence-electron chi connectivity index (χ0n) is 21.9. The zero-order chi connectivity index (χ0) is 26.4. The lowest BCUT2D eigenvalue weighted by atomic mass is 10.1. The molecule has 0 saturated carbocycles. The van der Waals surface area contributed by atoms with Crippen molar-refractivity contribution >= 4 is 21.8 Å². The molecule has 186 valence electrons. The zero-order valence-corrected chi connectivity index (χ0v) is 21.9. The summed E-state index contributed by atoms with van der Waals surface area (Å²) in [5.41, 5.74) is 0.864. The number of phenols is 1. The van der Waals surface area contributed by atoms with Crippen LogP contribution in [0.5, 0.6) is 5.75 Å². The second-order valence-corrected chi connectivity index (χ2v) is 6.54. The van der Waals surface area contributed by atoms with Gasteiger partial charge in [0.2, 0.25) is 11.1 Å². The monoisotopic (exact) mass is 462 g/mol. The minimum absolute atomic E-state index is 0.110. The van der Waals surface area contributed by atoms with Crippen LogP contribution in [0.25, 0.3) is 21.8 Å². The van der Waals surface area contributed by atoms with Gasteiger partial charge in [-0.15, -0.1) is 12.3 Å². The first-order chi connectivity index (χ1) is 15.8. The van der Waals surface area contributed by atoms with Gasteiger partial charge >= 0.3 is 0 Å². The Morgan fingerprint density at radius 3 is 1.73 bits per heavy atom. The van der Waals surface area contributed by atoms with Crippen molar-refractivity contribution in [3.63, 3.8) is 0 Å². The van der Waals surface area contributed by atoms with Crippen molar-refractivity contribution in [2.24, 2.45) is 0 Å². The number of nitrogens with one attached hydrogen (secondary N) is 2. The third-order valence-corrected chi connectivity index (χ3v) is 4.01. The number of aromatic amines is 2. The summed E-state index contributed by atoms with van der Waals surface area (Å²) in [6.07, 6.45) is 9.88. The highest BCUT2D eigenvalue weighted by molar-refractivity contribution is 6.02. The van der Waals surface area contributed by atoms with Gasteiger partial charge in [-0.25, -0.2) is 0 Å². The number of aromatic nitrogens is 2. The average molecular weight is 463 g/mol. The maximum atomic E-state index is 11.4. The lowest BCUT2D eigenvalue weighted by Gasteiger charge is -2.07. The van der Waals surface area contributed by atoms with Crippen LogP contribution in [-0.2, 0) is 0 Å². The molecule has 0 bridgehead atoms. The Hall–Kier alpha value is -3.07. The molecule has 3 N–H and O–H groups in total. The Morgan fingerprint density at radius 2 is 1.30 bits per heavy atom. The number of pyridine rings is 2. The number of terminal acetylenes is 1. The summed E-state index contributed by atoms with van der Waals surface area (Å²) in [5.74, 6) is 2.14. The van der Waals surface area contributed by atoms with E-state index in [2.05, 4.69) is 50.0 Å². The van der Waals surface area contributed by atoms with Gasteiger partial charge in [-0.1, -0.05) is 67.2 Å². The number of hydrogen-bond acceptors (Lipinski definition) is 3. The van der Waals surface area contributed by atoms with Crippen molar-refractivity contribution in [2.75, 3.05) is 7.18 Å². The standard InChI is InChI=1S/C13H10N2O3.2C4H10.C3H4.C2H6.CH3F/c1-6-4-10(17)15-12-8(6)5-7-2-3-9(16)14-11(7)13(12)18;2*1-3-4-2;1-3-2;2*1-2/h2-5,18H,1H3,(H,14,16)(H,15,17);2*3-4H2,1-2H3;1H,2H3;1-2H3;1H3. The molecule has 2 heterocycles. The van der Waals surface area contributed by atoms with E-state index in [1.807, 2.05) is 19.9 Å². The summed E-state index contributed by atoms with van der Waals surface area (Å²) in [5, 5.41) is 11.6. The number of hydrogen-bond donors (Lipinski definition) is 3. The summed E-state index contributed by atoms with van der Waals surface area (Å²) in [7, 11) is 0.500. The largest absolute Gasteiger partial charge is 0.504 e. The highest BCUT2D eigenvalue weighted by Crippen LogP contribution is 2.31. The summed E-state index contributed by atoms with van der Waals surface area (Å²) in [6, 6.07) is 6.33. The molecule has 0 atom stereocenters. The lowest BCUT2D eigenvalue weighted by Crippen LogP contribution is -2.07. The minimum Gasteiger partial charge on any atom is -0.504 e. The van der Waals surface area contributed by atoms with E-state index >= 15 is 0 Å². The molecule has 3 aromatic rings.